The average molecular weight is 468 g/mol. The van der Waals surface area contributed by atoms with Crippen molar-refractivity contribution in [1.29, 1.82) is 0 Å². The highest BCUT2D eigenvalue weighted by molar-refractivity contribution is 6.31. The highest BCUT2D eigenvalue weighted by Crippen LogP contribution is 2.35. The molecular weight excluding hydrogens is 438 g/mol. The third-order valence-corrected chi connectivity index (χ3v) is 7.63. The van der Waals surface area contributed by atoms with Crippen molar-refractivity contribution in [2.75, 3.05) is 0 Å². The lowest BCUT2D eigenvalue weighted by Gasteiger charge is -2.44. The molecule has 1 aliphatic carbocycles. The molecule has 0 bridgehead atoms. The van der Waals surface area contributed by atoms with Crippen LogP contribution in [0.25, 0.3) is 11.1 Å². The largest absolute Gasteiger partial charge is 0.463 e. The topological polar surface area (TPSA) is 67.5 Å². The van der Waals surface area contributed by atoms with E-state index in [1.807, 2.05) is 41.8 Å². The fourth-order valence-corrected chi connectivity index (χ4v) is 5.45. The fraction of sp³-hybridized carbons (Fsp3) is 0.462. The number of nitrogens with one attached hydrogen (secondary N) is 1. The van der Waals surface area contributed by atoms with Crippen molar-refractivity contribution in [3.8, 4) is 0 Å². The van der Waals surface area contributed by atoms with Gasteiger partial charge in [0.1, 0.15) is 11.2 Å². The maximum absolute atomic E-state index is 13.8. The lowest BCUT2D eigenvalue weighted by Crippen LogP contribution is -2.64. The number of carbonyl (C=O) groups excluding carboxylic acids is 2. The lowest BCUT2D eigenvalue weighted by molar-refractivity contribution is -0.134. The quantitative estimate of drug-likeness (QED) is 0.548. The van der Waals surface area contributed by atoms with Crippen molar-refractivity contribution in [2.45, 2.75) is 76.5 Å². The number of halogens is 1. The highest BCUT2D eigenvalue weighted by atomic mass is 35.5. The van der Waals surface area contributed by atoms with Crippen LogP contribution in [0.15, 0.2) is 47.1 Å². The van der Waals surface area contributed by atoms with Crippen LogP contribution < -0.4 is 5.32 Å². The van der Waals surface area contributed by atoms with Crippen molar-refractivity contribution < 1.29 is 14.0 Å². The van der Waals surface area contributed by atoms with E-state index in [0.29, 0.717) is 22.8 Å². The van der Waals surface area contributed by atoms with Gasteiger partial charge in [-0.1, -0.05) is 61.9 Å². The Hall–Kier alpha value is -2.73. The Balaban J connectivity index is 1.50. The van der Waals surface area contributed by atoms with E-state index in [2.05, 4.69) is 5.32 Å². The Morgan fingerprint density at radius 1 is 1.15 bits per heavy atom. The number of hydrogen-bond donors (Lipinski definition) is 1. The minimum Gasteiger partial charge on any atom is -0.463 e. The molecule has 5 rings (SSSR count). The molecule has 1 fully saturated rings. The van der Waals surface area contributed by atoms with Gasteiger partial charge in [0, 0.05) is 29.7 Å². The summed E-state index contributed by atoms with van der Waals surface area (Å²) in [4.78, 5) is 29.3. The zero-order valence-electron chi connectivity index (χ0n) is 19.0. The Labute approximate surface area is 198 Å². The molecule has 1 atom stereocenters. The van der Waals surface area contributed by atoms with Crippen molar-refractivity contribution in [2.24, 2.45) is 0 Å². The highest BCUT2D eigenvalue weighted by Gasteiger charge is 2.48. The summed E-state index contributed by atoms with van der Waals surface area (Å²) in [7, 11) is 0. The molecule has 1 aliphatic heterocycles. The third-order valence-electron chi connectivity index (χ3n) is 7.26. The summed E-state index contributed by atoms with van der Waals surface area (Å²) in [6, 6.07) is 11.2. The normalized spacial score (nSPS) is 22.1. The molecule has 1 saturated carbocycles. The number of nitrogens with zero attached hydrogens (tertiary/aromatic N) is 2. The maximum atomic E-state index is 13.8. The van der Waals surface area contributed by atoms with Gasteiger partial charge in [-0.2, -0.15) is 0 Å². The van der Waals surface area contributed by atoms with Crippen LogP contribution in [-0.4, -0.2) is 32.9 Å². The van der Waals surface area contributed by atoms with E-state index < -0.39 is 5.54 Å². The number of aromatic nitrogens is 1. The molecule has 0 radical (unpaired) electrons. The molecule has 0 saturated heterocycles. The second-order valence-electron chi connectivity index (χ2n) is 9.56. The van der Waals surface area contributed by atoms with Crippen LogP contribution in [0, 0.1) is 0 Å². The Morgan fingerprint density at radius 3 is 2.64 bits per heavy atom. The first kappa shape index (κ1) is 22.1. The SMILES string of the molecule is C[C@@]1(C(=O)NC2CCCCCCC2)Cn2c(cc3occc32)C(=O)N1Cc1ccccc1Cl. The fourth-order valence-electron chi connectivity index (χ4n) is 5.26. The molecule has 0 unspecified atom stereocenters. The van der Waals surface area contributed by atoms with E-state index >= 15 is 0 Å². The van der Waals surface area contributed by atoms with Gasteiger partial charge in [0.15, 0.2) is 5.58 Å². The zero-order chi connectivity index (χ0) is 23.0. The summed E-state index contributed by atoms with van der Waals surface area (Å²) in [5.74, 6) is -0.299. The van der Waals surface area contributed by atoms with Gasteiger partial charge in [0.05, 0.1) is 18.3 Å². The van der Waals surface area contributed by atoms with Gasteiger partial charge in [0.2, 0.25) is 5.91 Å². The predicted molar refractivity (Wildman–Crippen MR) is 128 cm³/mol. The second-order valence-corrected chi connectivity index (χ2v) is 9.97. The van der Waals surface area contributed by atoms with E-state index in [1.165, 1.54) is 19.3 Å². The van der Waals surface area contributed by atoms with Gasteiger partial charge in [0.25, 0.3) is 5.91 Å². The Kier molecular flexibility index (Phi) is 5.95. The van der Waals surface area contributed by atoms with Gasteiger partial charge in [-0.05, 0) is 31.4 Å². The van der Waals surface area contributed by atoms with Crippen LogP contribution in [-0.2, 0) is 17.9 Å². The molecule has 3 aromatic rings. The van der Waals surface area contributed by atoms with Crippen LogP contribution in [0.1, 0.15) is 67.9 Å². The number of rotatable bonds is 4. The van der Waals surface area contributed by atoms with E-state index in [-0.39, 0.29) is 24.4 Å². The number of carbonyl (C=O) groups is 2. The minimum atomic E-state index is -1.06. The first-order valence-electron chi connectivity index (χ1n) is 11.9. The monoisotopic (exact) mass is 467 g/mol. The van der Waals surface area contributed by atoms with E-state index in [1.54, 1.807) is 17.2 Å². The van der Waals surface area contributed by atoms with Crippen molar-refractivity contribution >= 4 is 34.5 Å². The number of amides is 2. The first-order chi connectivity index (χ1) is 16.0. The van der Waals surface area contributed by atoms with Gasteiger partial charge in [-0.25, -0.2) is 0 Å². The number of benzene rings is 1. The third kappa shape index (κ3) is 4.05. The lowest BCUT2D eigenvalue weighted by atomic mass is 9.91. The predicted octanol–water partition coefficient (Wildman–Crippen LogP) is 5.53. The average Bonchev–Trinajstić information content (AvgIpc) is 3.36. The molecule has 3 heterocycles. The maximum Gasteiger partial charge on any atom is 0.271 e. The van der Waals surface area contributed by atoms with E-state index in [9.17, 15) is 9.59 Å². The van der Waals surface area contributed by atoms with E-state index in [0.717, 1.165) is 36.8 Å². The number of furan rings is 1. The van der Waals surface area contributed by atoms with Crippen molar-refractivity contribution in [3.63, 3.8) is 0 Å². The summed E-state index contributed by atoms with van der Waals surface area (Å²) in [6.07, 6.45) is 9.54. The molecule has 174 valence electrons. The van der Waals surface area contributed by atoms with Crippen LogP contribution in [0.3, 0.4) is 0 Å². The molecule has 2 amide bonds. The zero-order valence-corrected chi connectivity index (χ0v) is 19.7. The summed E-state index contributed by atoms with van der Waals surface area (Å²) < 4.78 is 7.47. The summed E-state index contributed by atoms with van der Waals surface area (Å²) in [6.45, 7) is 2.49. The van der Waals surface area contributed by atoms with Crippen molar-refractivity contribution in [3.05, 3.63) is 58.9 Å². The standard InChI is InChI=1S/C26H30ClN3O3/c1-26(25(32)28-19-10-5-3-2-4-6-11-19)17-29-21-13-14-33-23(21)15-22(29)24(31)30(26)16-18-9-7-8-12-20(18)27/h7-9,12-15,19H,2-6,10-11,16-17H2,1H3,(H,28,32)/t26-/m0/s1. The Bertz CT molecular complexity index is 1170. The van der Waals surface area contributed by atoms with Crippen LogP contribution in [0.2, 0.25) is 5.02 Å². The molecule has 0 spiro atoms. The molecule has 7 heteroatoms. The van der Waals surface area contributed by atoms with Crippen molar-refractivity contribution in [1.82, 2.24) is 14.8 Å². The summed E-state index contributed by atoms with van der Waals surface area (Å²) in [5, 5.41) is 3.90. The van der Waals surface area contributed by atoms with Gasteiger partial charge in [-0.15, -0.1) is 0 Å². The molecule has 1 N–H and O–H groups in total. The van der Waals surface area contributed by atoms with Gasteiger partial charge < -0.3 is 19.2 Å². The number of hydrogen-bond acceptors (Lipinski definition) is 3. The minimum absolute atomic E-state index is 0.107. The van der Waals surface area contributed by atoms with Gasteiger partial charge in [-0.3, -0.25) is 9.59 Å². The molecule has 1 aromatic carbocycles. The summed E-state index contributed by atoms with van der Waals surface area (Å²) in [5.41, 5.74) is 1.78. The van der Waals surface area contributed by atoms with Crippen LogP contribution in [0.5, 0.6) is 0 Å². The summed E-state index contributed by atoms with van der Waals surface area (Å²) >= 11 is 6.44. The smallest absolute Gasteiger partial charge is 0.271 e. The molecule has 33 heavy (non-hydrogen) atoms. The molecule has 2 aromatic heterocycles. The number of fused-ring (bicyclic) bond motifs is 3. The van der Waals surface area contributed by atoms with Gasteiger partial charge >= 0.3 is 0 Å². The van der Waals surface area contributed by atoms with E-state index in [4.69, 9.17) is 16.0 Å². The van der Waals surface area contributed by atoms with Crippen LogP contribution in [0.4, 0.5) is 0 Å². The molecule has 2 aliphatic rings. The Morgan fingerprint density at radius 2 is 1.88 bits per heavy atom. The molecular formula is C26H30ClN3O3. The second kappa shape index (κ2) is 8.90. The first-order valence-corrected chi connectivity index (χ1v) is 12.3. The molecule has 6 nitrogen and oxygen atoms in total. The van der Waals surface area contributed by atoms with Crippen LogP contribution >= 0.6 is 11.6 Å².